The van der Waals surface area contributed by atoms with Gasteiger partial charge in [-0.3, -0.25) is 0 Å². The van der Waals surface area contributed by atoms with Gasteiger partial charge in [0.05, 0.1) is 11.0 Å². The number of fused-ring (bicyclic) bond motifs is 5. The Balaban J connectivity index is 2.32. The fraction of sp³-hybridized carbons (Fsp3) is 0.111. The molecule has 0 radical (unpaired) electrons. The smallest absolute Gasteiger partial charge is 0.305 e. The molecule has 0 aliphatic carbocycles. The number of pyridine rings is 1. The van der Waals surface area contributed by atoms with Gasteiger partial charge in [0.2, 0.25) is 0 Å². The number of aromatic nitrogens is 1. The van der Waals surface area contributed by atoms with E-state index in [-0.39, 0.29) is 0 Å². The van der Waals surface area contributed by atoms with Gasteiger partial charge in [0.15, 0.2) is 0 Å². The van der Waals surface area contributed by atoms with Crippen LogP contribution in [0.1, 0.15) is 11.3 Å². The van der Waals surface area contributed by atoms with Crippen LogP contribution >= 0.6 is 0 Å². The van der Waals surface area contributed by atoms with Crippen LogP contribution in [0, 0.1) is 6.92 Å². The molecule has 110 valence electrons. The third-order valence-electron chi connectivity index (χ3n) is 4.02. The fourth-order valence-corrected chi connectivity index (χ4v) is 3.05. The number of para-hydroxylation sites is 1. The molecule has 0 N–H and O–H groups in total. The monoisotopic (exact) mass is 299 g/mol. The maximum Gasteiger partial charge on any atom is 0.431 e. The molecule has 0 bridgehead atoms. The molecular weight excluding hydrogens is 287 g/mol. The van der Waals surface area contributed by atoms with Crippen molar-refractivity contribution in [3.63, 3.8) is 0 Å². The van der Waals surface area contributed by atoms with Crippen molar-refractivity contribution in [2.24, 2.45) is 0 Å². The highest BCUT2D eigenvalue weighted by molar-refractivity contribution is 6.03. The summed E-state index contributed by atoms with van der Waals surface area (Å²) in [5, 5.41) is 2.25. The molecule has 2 aromatic carbocycles. The zero-order valence-corrected chi connectivity index (χ0v) is 11.8. The van der Waals surface area contributed by atoms with Crippen molar-refractivity contribution in [2.45, 2.75) is 13.1 Å². The normalized spacial score (nSPS) is 12.5. The molecule has 0 aliphatic rings. The lowest BCUT2D eigenvalue weighted by molar-refractivity contribution is -0.141. The second-order valence-electron chi connectivity index (χ2n) is 5.54. The molecule has 0 saturated heterocycles. The van der Waals surface area contributed by atoms with Crippen LogP contribution in [0.4, 0.5) is 13.2 Å². The van der Waals surface area contributed by atoms with Crippen LogP contribution in [0.3, 0.4) is 0 Å². The quantitative estimate of drug-likeness (QED) is 0.399. The van der Waals surface area contributed by atoms with Gasteiger partial charge >= 0.3 is 6.18 Å². The Morgan fingerprint density at radius 2 is 1.59 bits per heavy atom. The predicted molar refractivity (Wildman–Crippen MR) is 82.1 cm³/mol. The van der Waals surface area contributed by atoms with Crippen molar-refractivity contribution >= 4 is 27.2 Å². The molecule has 0 saturated carbocycles. The van der Waals surface area contributed by atoms with Gasteiger partial charge in [0.1, 0.15) is 5.69 Å². The highest BCUT2D eigenvalue weighted by Gasteiger charge is 2.34. The molecule has 4 aromatic rings. The third-order valence-corrected chi connectivity index (χ3v) is 4.02. The summed E-state index contributed by atoms with van der Waals surface area (Å²) in [5.74, 6) is 0. The summed E-state index contributed by atoms with van der Waals surface area (Å²) in [7, 11) is 0. The number of halogens is 3. The molecule has 1 nitrogen and oxygen atoms in total. The summed E-state index contributed by atoms with van der Waals surface area (Å²) in [4.78, 5) is 0. The van der Waals surface area contributed by atoms with Gasteiger partial charge in [-0.15, -0.1) is 0 Å². The molecule has 0 fully saturated rings. The first kappa shape index (κ1) is 13.2. The van der Waals surface area contributed by atoms with E-state index in [1.165, 1.54) is 10.5 Å². The molecule has 2 heterocycles. The Morgan fingerprint density at radius 1 is 0.818 bits per heavy atom. The molecule has 0 spiro atoms. The van der Waals surface area contributed by atoms with Crippen LogP contribution in [0.25, 0.3) is 27.2 Å². The zero-order valence-electron chi connectivity index (χ0n) is 11.8. The molecule has 22 heavy (non-hydrogen) atoms. The highest BCUT2D eigenvalue weighted by Crippen LogP contribution is 2.37. The molecule has 2 aromatic heterocycles. The van der Waals surface area contributed by atoms with Crippen molar-refractivity contribution in [1.82, 2.24) is 4.40 Å². The van der Waals surface area contributed by atoms with E-state index >= 15 is 0 Å². The number of benzene rings is 2. The maximum atomic E-state index is 13.5. The summed E-state index contributed by atoms with van der Waals surface area (Å²) in [5.41, 5.74) is 1.56. The van der Waals surface area contributed by atoms with Gasteiger partial charge in [-0.1, -0.05) is 35.9 Å². The first-order valence-corrected chi connectivity index (χ1v) is 6.96. The van der Waals surface area contributed by atoms with E-state index in [0.717, 1.165) is 16.3 Å². The number of hydrogen-bond acceptors (Lipinski definition) is 0. The van der Waals surface area contributed by atoms with Crippen LogP contribution in [0.5, 0.6) is 0 Å². The van der Waals surface area contributed by atoms with Crippen molar-refractivity contribution in [3.05, 3.63) is 65.9 Å². The Hall–Kier alpha value is -2.49. The third kappa shape index (κ3) is 1.80. The minimum absolute atomic E-state index is 0.577. The first-order valence-electron chi connectivity index (χ1n) is 6.96. The van der Waals surface area contributed by atoms with Crippen LogP contribution in [0.2, 0.25) is 0 Å². The lowest BCUT2D eigenvalue weighted by Gasteiger charge is -2.14. The molecule has 4 rings (SSSR count). The van der Waals surface area contributed by atoms with E-state index in [0.29, 0.717) is 16.4 Å². The SMILES string of the molecule is Cc1ccc2cc(C(F)(F)F)n3c4ccccc4cc3c2c1. The predicted octanol–water partition coefficient (Wildman–Crippen LogP) is 5.57. The van der Waals surface area contributed by atoms with Crippen molar-refractivity contribution in [1.29, 1.82) is 0 Å². The Bertz CT molecular complexity index is 1030. The van der Waals surface area contributed by atoms with E-state index < -0.39 is 11.9 Å². The molecule has 0 aliphatic heterocycles. The van der Waals surface area contributed by atoms with Crippen LogP contribution < -0.4 is 0 Å². The molecule has 0 unspecified atom stereocenters. The molecule has 0 amide bonds. The lowest BCUT2D eigenvalue weighted by atomic mass is 10.1. The number of nitrogens with zero attached hydrogens (tertiary/aromatic N) is 1. The summed E-state index contributed by atoms with van der Waals surface area (Å²) < 4.78 is 41.8. The maximum absolute atomic E-state index is 13.5. The van der Waals surface area contributed by atoms with Crippen molar-refractivity contribution in [3.8, 4) is 0 Å². The second kappa shape index (κ2) is 4.26. The van der Waals surface area contributed by atoms with Gasteiger partial charge in [-0.05, 0) is 36.6 Å². The van der Waals surface area contributed by atoms with Crippen molar-refractivity contribution < 1.29 is 13.2 Å². The average molecular weight is 299 g/mol. The first-order chi connectivity index (χ1) is 10.4. The van der Waals surface area contributed by atoms with E-state index in [4.69, 9.17) is 0 Å². The van der Waals surface area contributed by atoms with Gasteiger partial charge in [-0.25, -0.2) is 0 Å². The van der Waals surface area contributed by atoms with E-state index in [1.807, 2.05) is 37.3 Å². The minimum Gasteiger partial charge on any atom is -0.305 e. The van der Waals surface area contributed by atoms with Gasteiger partial charge in [0, 0.05) is 10.8 Å². The van der Waals surface area contributed by atoms with Crippen LogP contribution in [-0.4, -0.2) is 4.40 Å². The molecular formula is C18H12F3N. The number of hydrogen-bond donors (Lipinski definition) is 0. The highest BCUT2D eigenvalue weighted by atomic mass is 19.4. The van der Waals surface area contributed by atoms with Gasteiger partial charge in [0.25, 0.3) is 0 Å². The second-order valence-corrected chi connectivity index (χ2v) is 5.54. The van der Waals surface area contributed by atoms with Gasteiger partial charge < -0.3 is 4.40 Å². The van der Waals surface area contributed by atoms with Crippen LogP contribution in [-0.2, 0) is 6.18 Å². The number of alkyl halides is 3. The lowest BCUT2D eigenvalue weighted by Crippen LogP contribution is -2.11. The summed E-state index contributed by atoms with van der Waals surface area (Å²) in [6.07, 6.45) is -4.40. The topological polar surface area (TPSA) is 4.41 Å². The van der Waals surface area contributed by atoms with Gasteiger partial charge in [-0.2, -0.15) is 13.2 Å². The Kier molecular flexibility index (Phi) is 2.55. The summed E-state index contributed by atoms with van der Waals surface area (Å²) >= 11 is 0. The average Bonchev–Trinajstić information content (AvgIpc) is 2.85. The van der Waals surface area contributed by atoms with E-state index in [1.54, 1.807) is 18.2 Å². The van der Waals surface area contributed by atoms with Crippen LogP contribution in [0.15, 0.2) is 54.6 Å². The Morgan fingerprint density at radius 3 is 2.36 bits per heavy atom. The Labute approximate surface area is 124 Å². The largest absolute Gasteiger partial charge is 0.431 e. The standard InChI is InChI=1S/C18H12F3N/c1-11-6-7-12-10-17(18(19,20)21)22-15-5-3-2-4-13(15)9-16(22)14(12)8-11/h2-10H,1H3. The number of rotatable bonds is 0. The van der Waals surface area contributed by atoms with E-state index in [2.05, 4.69) is 0 Å². The number of aryl methyl sites for hydroxylation is 1. The zero-order chi connectivity index (χ0) is 15.5. The van der Waals surface area contributed by atoms with Crippen molar-refractivity contribution in [2.75, 3.05) is 0 Å². The van der Waals surface area contributed by atoms with E-state index in [9.17, 15) is 13.2 Å². The summed E-state index contributed by atoms with van der Waals surface area (Å²) in [6, 6.07) is 15.7. The summed E-state index contributed by atoms with van der Waals surface area (Å²) in [6.45, 7) is 1.94. The minimum atomic E-state index is -4.40. The molecule has 0 atom stereocenters. The molecule has 4 heteroatoms. The fourth-order valence-electron chi connectivity index (χ4n) is 3.05.